The molecule has 22 heavy (non-hydrogen) atoms. The molecule has 6 heteroatoms. The number of H-pyrrole nitrogens is 1. The number of benzene rings is 1. The second-order valence-corrected chi connectivity index (χ2v) is 7.96. The largest absolute Gasteiger partial charge is 0.327 e. The van der Waals surface area contributed by atoms with E-state index in [9.17, 15) is 13.2 Å². The van der Waals surface area contributed by atoms with Gasteiger partial charge in [-0.15, -0.1) is 0 Å². The summed E-state index contributed by atoms with van der Waals surface area (Å²) in [6, 6.07) is 8.15. The number of hydrogen-bond acceptors (Lipinski definition) is 3. The Morgan fingerprint density at radius 2 is 1.68 bits per heavy atom. The maximum absolute atomic E-state index is 12.4. The second kappa shape index (κ2) is 5.61. The molecule has 0 atom stereocenters. The predicted molar refractivity (Wildman–Crippen MR) is 87.8 cm³/mol. The molecule has 0 fully saturated rings. The number of nitrogens with one attached hydrogen (secondary N) is 2. The van der Waals surface area contributed by atoms with Crippen LogP contribution in [-0.2, 0) is 15.4 Å². The number of aromatic amines is 1. The molecule has 0 radical (unpaired) electrons. The van der Waals surface area contributed by atoms with Crippen molar-refractivity contribution in [3.63, 3.8) is 0 Å². The summed E-state index contributed by atoms with van der Waals surface area (Å²) in [6.07, 6.45) is 1.36. The quantitative estimate of drug-likeness (QED) is 0.912. The van der Waals surface area contributed by atoms with E-state index in [2.05, 4.69) is 30.5 Å². The standard InChI is InChI=1S/C16H20N2O3S/c1-11-9-15(19)17-10-14(11)18-22(20,21)13-7-5-12(6-8-13)16(2,3)4/h5-10,18H,1-4H3,(H,17,19). The molecular weight excluding hydrogens is 300 g/mol. The van der Waals surface area contributed by atoms with Crippen molar-refractivity contribution in [2.75, 3.05) is 4.72 Å². The highest BCUT2D eigenvalue weighted by molar-refractivity contribution is 7.92. The van der Waals surface area contributed by atoms with Gasteiger partial charge in [0.05, 0.1) is 10.6 Å². The summed E-state index contributed by atoms with van der Waals surface area (Å²) in [5.41, 5.74) is 1.69. The van der Waals surface area contributed by atoms with E-state index in [0.29, 0.717) is 11.3 Å². The number of aromatic nitrogens is 1. The minimum atomic E-state index is -3.68. The van der Waals surface area contributed by atoms with Gasteiger partial charge in [-0.1, -0.05) is 32.9 Å². The lowest BCUT2D eigenvalue weighted by Gasteiger charge is -2.19. The zero-order valence-electron chi connectivity index (χ0n) is 13.1. The van der Waals surface area contributed by atoms with Crippen LogP contribution in [0.15, 0.2) is 46.2 Å². The molecule has 2 aromatic rings. The Labute approximate surface area is 130 Å². The molecule has 0 bridgehead atoms. The summed E-state index contributed by atoms with van der Waals surface area (Å²) in [6.45, 7) is 7.88. The zero-order chi connectivity index (χ0) is 16.5. The Morgan fingerprint density at radius 1 is 1.09 bits per heavy atom. The minimum Gasteiger partial charge on any atom is -0.327 e. The van der Waals surface area contributed by atoms with Crippen LogP contribution in [0, 0.1) is 6.92 Å². The van der Waals surface area contributed by atoms with Gasteiger partial charge in [-0.25, -0.2) is 8.42 Å². The summed E-state index contributed by atoms with van der Waals surface area (Å²) in [4.78, 5) is 13.8. The van der Waals surface area contributed by atoms with Gasteiger partial charge in [0.25, 0.3) is 10.0 Å². The third-order valence-corrected chi connectivity index (χ3v) is 4.79. The van der Waals surface area contributed by atoms with Crippen molar-refractivity contribution < 1.29 is 8.42 Å². The normalized spacial score (nSPS) is 12.2. The molecule has 0 unspecified atom stereocenters. The van der Waals surface area contributed by atoms with E-state index in [1.807, 2.05) is 12.1 Å². The molecule has 0 aliphatic carbocycles. The van der Waals surface area contributed by atoms with E-state index < -0.39 is 10.0 Å². The first-order valence-electron chi connectivity index (χ1n) is 6.92. The van der Waals surface area contributed by atoms with E-state index in [4.69, 9.17) is 0 Å². The van der Waals surface area contributed by atoms with Crippen LogP contribution in [0.25, 0.3) is 0 Å². The number of rotatable bonds is 3. The lowest BCUT2D eigenvalue weighted by molar-refractivity contribution is 0.587. The van der Waals surface area contributed by atoms with Gasteiger partial charge in [-0.2, -0.15) is 0 Å². The Kier molecular flexibility index (Phi) is 4.15. The molecule has 0 spiro atoms. The second-order valence-electron chi connectivity index (χ2n) is 6.27. The third-order valence-electron chi connectivity index (χ3n) is 3.41. The fourth-order valence-corrected chi connectivity index (χ4v) is 3.14. The zero-order valence-corrected chi connectivity index (χ0v) is 13.9. The molecule has 2 rings (SSSR count). The van der Waals surface area contributed by atoms with Crippen molar-refractivity contribution in [3.05, 3.63) is 58.0 Å². The molecular formula is C16H20N2O3S. The Hall–Kier alpha value is -2.08. The van der Waals surface area contributed by atoms with Gasteiger partial charge in [0.2, 0.25) is 5.56 Å². The maximum atomic E-state index is 12.4. The van der Waals surface area contributed by atoms with E-state index >= 15 is 0 Å². The Morgan fingerprint density at radius 3 is 2.18 bits per heavy atom. The van der Waals surface area contributed by atoms with Crippen molar-refractivity contribution >= 4 is 15.7 Å². The molecule has 2 N–H and O–H groups in total. The van der Waals surface area contributed by atoms with E-state index in [0.717, 1.165) is 5.56 Å². The highest BCUT2D eigenvalue weighted by atomic mass is 32.2. The molecule has 118 valence electrons. The summed E-state index contributed by atoms with van der Waals surface area (Å²) in [7, 11) is -3.68. The Balaban J connectivity index is 2.32. The smallest absolute Gasteiger partial charge is 0.261 e. The van der Waals surface area contributed by atoms with Crippen molar-refractivity contribution in [3.8, 4) is 0 Å². The summed E-state index contributed by atoms with van der Waals surface area (Å²) in [5.74, 6) is 0. The fraction of sp³-hybridized carbons (Fsp3) is 0.312. The first-order chi connectivity index (χ1) is 10.1. The number of hydrogen-bond donors (Lipinski definition) is 2. The summed E-state index contributed by atoms with van der Waals surface area (Å²) in [5, 5.41) is 0. The van der Waals surface area contributed by atoms with Crippen molar-refractivity contribution in [2.45, 2.75) is 38.0 Å². The van der Waals surface area contributed by atoms with Gasteiger partial charge in [-0.3, -0.25) is 9.52 Å². The molecule has 1 heterocycles. The van der Waals surface area contributed by atoms with Crippen LogP contribution in [0.4, 0.5) is 5.69 Å². The predicted octanol–water partition coefficient (Wildman–Crippen LogP) is 2.78. The molecule has 5 nitrogen and oxygen atoms in total. The molecule has 0 aliphatic rings. The third kappa shape index (κ3) is 3.57. The van der Waals surface area contributed by atoms with Gasteiger partial charge in [0, 0.05) is 12.3 Å². The highest BCUT2D eigenvalue weighted by Gasteiger charge is 2.18. The van der Waals surface area contributed by atoms with Crippen molar-refractivity contribution in [1.29, 1.82) is 0 Å². The van der Waals surface area contributed by atoms with Crippen LogP contribution in [0.2, 0.25) is 0 Å². The Bertz CT molecular complexity index is 829. The monoisotopic (exact) mass is 320 g/mol. The lowest BCUT2D eigenvalue weighted by atomic mass is 9.87. The van der Waals surface area contributed by atoms with Gasteiger partial charge in [-0.05, 0) is 35.6 Å². The van der Waals surface area contributed by atoms with Crippen LogP contribution in [0.5, 0.6) is 0 Å². The summed E-state index contributed by atoms with van der Waals surface area (Å²) < 4.78 is 27.3. The maximum Gasteiger partial charge on any atom is 0.261 e. The average molecular weight is 320 g/mol. The van der Waals surface area contributed by atoms with Crippen LogP contribution in [0.1, 0.15) is 31.9 Å². The fourth-order valence-electron chi connectivity index (χ4n) is 2.02. The van der Waals surface area contributed by atoms with Gasteiger partial charge >= 0.3 is 0 Å². The average Bonchev–Trinajstić information content (AvgIpc) is 2.41. The van der Waals surface area contributed by atoms with Gasteiger partial charge in [0.15, 0.2) is 0 Å². The summed E-state index contributed by atoms with van der Waals surface area (Å²) >= 11 is 0. The van der Waals surface area contributed by atoms with Crippen LogP contribution in [-0.4, -0.2) is 13.4 Å². The lowest BCUT2D eigenvalue weighted by Crippen LogP contribution is -2.16. The van der Waals surface area contributed by atoms with Crippen LogP contribution < -0.4 is 10.3 Å². The molecule has 1 aromatic heterocycles. The minimum absolute atomic E-state index is 0.0365. The van der Waals surface area contributed by atoms with E-state index in [-0.39, 0.29) is 15.9 Å². The molecule has 0 saturated heterocycles. The molecule has 0 aliphatic heterocycles. The van der Waals surface area contributed by atoms with E-state index in [1.165, 1.54) is 12.3 Å². The molecule has 1 aromatic carbocycles. The molecule has 0 amide bonds. The van der Waals surface area contributed by atoms with Gasteiger partial charge < -0.3 is 4.98 Å². The number of sulfonamides is 1. The van der Waals surface area contributed by atoms with Crippen LogP contribution in [0.3, 0.4) is 0 Å². The number of pyridine rings is 1. The number of aryl methyl sites for hydroxylation is 1. The van der Waals surface area contributed by atoms with Crippen molar-refractivity contribution in [1.82, 2.24) is 4.98 Å². The first kappa shape index (κ1) is 16.3. The molecule has 0 saturated carbocycles. The first-order valence-corrected chi connectivity index (χ1v) is 8.40. The van der Waals surface area contributed by atoms with Gasteiger partial charge in [0.1, 0.15) is 0 Å². The SMILES string of the molecule is Cc1cc(=O)[nH]cc1NS(=O)(=O)c1ccc(C(C)(C)C)cc1. The number of anilines is 1. The highest BCUT2D eigenvalue weighted by Crippen LogP contribution is 2.24. The van der Waals surface area contributed by atoms with Crippen molar-refractivity contribution in [2.24, 2.45) is 0 Å². The topological polar surface area (TPSA) is 79.0 Å². The van der Waals surface area contributed by atoms with Crippen LogP contribution >= 0.6 is 0 Å². The van der Waals surface area contributed by atoms with E-state index in [1.54, 1.807) is 19.1 Å².